The number of rotatable bonds is 2. The molecule has 3 N–H and O–H groups in total. The molecule has 1 saturated heterocycles. The molecular formula is C14H22N4O. The van der Waals surface area contributed by atoms with E-state index in [1.807, 2.05) is 12.4 Å². The lowest BCUT2D eigenvalue weighted by Gasteiger charge is -2.37. The van der Waals surface area contributed by atoms with E-state index in [4.69, 9.17) is 5.73 Å². The third kappa shape index (κ3) is 2.52. The minimum atomic E-state index is 0.141. The van der Waals surface area contributed by atoms with Crippen LogP contribution in [0.2, 0.25) is 0 Å². The van der Waals surface area contributed by atoms with Crippen LogP contribution in [0.5, 0.6) is 0 Å². The molecule has 0 bridgehead atoms. The van der Waals surface area contributed by atoms with E-state index in [1.54, 1.807) is 0 Å². The molecule has 1 aromatic rings. The van der Waals surface area contributed by atoms with E-state index in [9.17, 15) is 4.79 Å². The molecule has 1 saturated carbocycles. The molecule has 1 amide bonds. The third-order valence-electron chi connectivity index (χ3n) is 4.51. The first kappa shape index (κ1) is 12.7. The van der Waals surface area contributed by atoms with Crippen molar-refractivity contribution in [2.45, 2.75) is 50.6 Å². The summed E-state index contributed by atoms with van der Waals surface area (Å²) < 4.78 is 0. The fourth-order valence-electron chi connectivity index (χ4n) is 3.46. The Labute approximate surface area is 113 Å². The number of nitrogens with zero attached hydrogens (tertiary/aromatic N) is 2. The van der Waals surface area contributed by atoms with Gasteiger partial charge >= 0.3 is 0 Å². The van der Waals surface area contributed by atoms with Crippen molar-refractivity contribution in [2.75, 3.05) is 6.54 Å². The number of carbonyl (C=O) groups is 1. The maximum atomic E-state index is 12.7. The molecule has 2 aliphatic rings. The summed E-state index contributed by atoms with van der Waals surface area (Å²) in [5.74, 6) is 0.446. The van der Waals surface area contributed by atoms with Crippen LogP contribution in [0.1, 0.15) is 50.1 Å². The molecule has 3 rings (SSSR count). The van der Waals surface area contributed by atoms with Gasteiger partial charge in [0.2, 0.25) is 5.91 Å². The molecule has 1 aliphatic carbocycles. The average molecular weight is 262 g/mol. The van der Waals surface area contributed by atoms with Gasteiger partial charge in [-0.15, -0.1) is 0 Å². The number of piperidine rings is 1. The van der Waals surface area contributed by atoms with Crippen molar-refractivity contribution in [3.05, 3.63) is 18.0 Å². The zero-order valence-corrected chi connectivity index (χ0v) is 11.2. The topological polar surface area (TPSA) is 75.0 Å². The van der Waals surface area contributed by atoms with Crippen molar-refractivity contribution in [3.63, 3.8) is 0 Å². The van der Waals surface area contributed by atoms with Gasteiger partial charge in [0.05, 0.1) is 12.2 Å². The Bertz CT molecular complexity index is 431. The molecular weight excluding hydrogens is 240 g/mol. The summed E-state index contributed by atoms with van der Waals surface area (Å²) in [5, 5.41) is 6.87. The van der Waals surface area contributed by atoms with Crippen LogP contribution in [-0.2, 0) is 4.79 Å². The maximum absolute atomic E-state index is 12.7. The molecule has 5 heteroatoms. The van der Waals surface area contributed by atoms with Gasteiger partial charge < -0.3 is 10.6 Å². The summed E-state index contributed by atoms with van der Waals surface area (Å²) in [7, 11) is 0. The number of H-pyrrole nitrogens is 1. The summed E-state index contributed by atoms with van der Waals surface area (Å²) in [4.78, 5) is 14.8. The first-order chi connectivity index (χ1) is 9.25. The van der Waals surface area contributed by atoms with Crippen molar-refractivity contribution in [1.82, 2.24) is 15.1 Å². The second-order valence-electron chi connectivity index (χ2n) is 5.84. The Kier molecular flexibility index (Phi) is 3.55. The van der Waals surface area contributed by atoms with Gasteiger partial charge in [0.15, 0.2) is 0 Å². The fraction of sp³-hybridized carbons (Fsp3) is 0.714. The Morgan fingerprint density at radius 3 is 2.95 bits per heavy atom. The average Bonchev–Trinajstić information content (AvgIpc) is 3.09. The molecule has 0 aromatic carbocycles. The van der Waals surface area contributed by atoms with Gasteiger partial charge in [-0.05, 0) is 38.5 Å². The molecule has 0 radical (unpaired) electrons. The number of nitrogens with one attached hydrogen (secondary N) is 1. The molecule has 104 valence electrons. The summed E-state index contributed by atoms with van der Waals surface area (Å²) in [5.41, 5.74) is 7.07. The van der Waals surface area contributed by atoms with Gasteiger partial charge in [-0.25, -0.2) is 0 Å². The van der Waals surface area contributed by atoms with E-state index in [1.165, 1.54) is 6.42 Å². The van der Waals surface area contributed by atoms with E-state index in [0.29, 0.717) is 5.91 Å². The Morgan fingerprint density at radius 1 is 1.37 bits per heavy atom. The predicted octanol–water partition coefficient (Wildman–Crippen LogP) is 1.59. The summed E-state index contributed by atoms with van der Waals surface area (Å²) in [6.45, 7) is 0.875. The lowest BCUT2D eigenvalue weighted by molar-refractivity contribution is -0.139. The number of aromatic nitrogens is 2. The minimum absolute atomic E-state index is 0.141. The van der Waals surface area contributed by atoms with E-state index in [-0.39, 0.29) is 18.0 Å². The highest BCUT2D eigenvalue weighted by Gasteiger charge is 2.35. The van der Waals surface area contributed by atoms with Gasteiger partial charge in [-0.3, -0.25) is 9.89 Å². The standard InChI is InChI=1S/C14H22N4O/c15-12-5-4-10(7-12)14(19)18-6-2-1-3-13(18)11-8-16-17-9-11/h8-10,12-13H,1-7,15H2,(H,16,17)/t10-,12-,13-/m1/s1. The predicted molar refractivity (Wildman–Crippen MR) is 72.2 cm³/mol. The van der Waals surface area contributed by atoms with Crippen LogP contribution >= 0.6 is 0 Å². The van der Waals surface area contributed by atoms with E-state index >= 15 is 0 Å². The number of likely N-dealkylation sites (tertiary alicyclic amines) is 1. The van der Waals surface area contributed by atoms with Gasteiger partial charge in [0, 0.05) is 30.3 Å². The van der Waals surface area contributed by atoms with Crippen molar-refractivity contribution >= 4 is 5.91 Å². The summed E-state index contributed by atoms with van der Waals surface area (Å²) >= 11 is 0. The molecule has 1 aliphatic heterocycles. The van der Waals surface area contributed by atoms with E-state index in [2.05, 4.69) is 15.1 Å². The second kappa shape index (κ2) is 5.33. The summed E-state index contributed by atoms with van der Waals surface area (Å²) in [6, 6.07) is 0.419. The van der Waals surface area contributed by atoms with Crippen LogP contribution < -0.4 is 5.73 Å². The van der Waals surface area contributed by atoms with Gasteiger partial charge in [-0.1, -0.05) is 0 Å². The number of carbonyl (C=O) groups excluding carboxylic acids is 1. The van der Waals surface area contributed by atoms with Crippen LogP contribution in [-0.4, -0.2) is 33.6 Å². The van der Waals surface area contributed by atoms with Gasteiger partial charge in [0.1, 0.15) is 0 Å². The first-order valence-electron chi connectivity index (χ1n) is 7.30. The van der Waals surface area contributed by atoms with Crippen molar-refractivity contribution in [2.24, 2.45) is 11.7 Å². The van der Waals surface area contributed by atoms with Crippen LogP contribution in [0, 0.1) is 5.92 Å². The highest BCUT2D eigenvalue weighted by Crippen LogP contribution is 2.34. The molecule has 2 fully saturated rings. The number of hydrogen-bond acceptors (Lipinski definition) is 3. The number of aromatic amines is 1. The Morgan fingerprint density at radius 2 is 2.26 bits per heavy atom. The largest absolute Gasteiger partial charge is 0.335 e. The zero-order valence-electron chi connectivity index (χ0n) is 11.2. The highest BCUT2D eigenvalue weighted by atomic mass is 16.2. The monoisotopic (exact) mass is 262 g/mol. The second-order valence-corrected chi connectivity index (χ2v) is 5.84. The number of hydrogen-bond donors (Lipinski definition) is 2. The van der Waals surface area contributed by atoms with Crippen LogP contribution in [0.15, 0.2) is 12.4 Å². The SMILES string of the molecule is N[C@@H]1CC[C@@H](C(=O)N2CCCC[C@@H]2c2cn[nH]c2)C1. The van der Waals surface area contributed by atoms with Crippen LogP contribution in [0.25, 0.3) is 0 Å². The molecule has 0 spiro atoms. The van der Waals surface area contributed by atoms with Crippen molar-refractivity contribution in [1.29, 1.82) is 0 Å². The molecule has 0 unspecified atom stereocenters. The fourth-order valence-corrected chi connectivity index (χ4v) is 3.46. The Balaban J connectivity index is 1.75. The quantitative estimate of drug-likeness (QED) is 0.850. The lowest BCUT2D eigenvalue weighted by atomic mass is 9.95. The van der Waals surface area contributed by atoms with E-state index < -0.39 is 0 Å². The Hall–Kier alpha value is -1.36. The minimum Gasteiger partial charge on any atom is -0.335 e. The van der Waals surface area contributed by atoms with Gasteiger partial charge in [0.25, 0.3) is 0 Å². The van der Waals surface area contributed by atoms with Crippen LogP contribution in [0.3, 0.4) is 0 Å². The molecule has 2 heterocycles. The van der Waals surface area contributed by atoms with Gasteiger partial charge in [-0.2, -0.15) is 5.10 Å². The third-order valence-corrected chi connectivity index (χ3v) is 4.51. The summed E-state index contributed by atoms with van der Waals surface area (Å²) in [6.07, 6.45) is 9.89. The molecule has 1 aromatic heterocycles. The zero-order chi connectivity index (χ0) is 13.2. The van der Waals surface area contributed by atoms with E-state index in [0.717, 1.165) is 44.2 Å². The van der Waals surface area contributed by atoms with Crippen molar-refractivity contribution in [3.8, 4) is 0 Å². The smallest absolute Gasteiger partial charge is 0.226 e. The number of amides is 1. The highest BCUT2D eigenvalue weighted by molar-refractivity contribution is 5.79. The maximum Gasteiger partial charge on any atom is 0.226 e. The van der Waals surface area contributed by atoms with Crippen molar-refractivity contribution < 1.29 is 4.79 Å². The molecule has 5 nitrogen and oxygen atoms in total. The first-order valence-corrected chi connectivity index (χ1v) is 7.30. The lowest BCUT2D eigenvalue weighted by Crippen LogP contribution is -2.41. The number of nitrogens with two attached hydrogens (primary N) is 1. The van der Waals surface area contributed by atoms with Crippen LogP contribution in [0.4, 0.5) is 0 Å². The molecule has 19 heavy (non-hydrogen) atoms. The molecule has 3 atom stereocenters. The normalized spacial score (nSPS) is 31.6.